The van der Waals surface area contributed by atoms with Gasteiger partial charge in [-0.25, -0.2) is 14.6 Å². The molecule has 7 nitrogen and oxygen atoms in total. The van der Waals surface area contributed by atoms with Gasteiger partial charge >= 0.3 is 11.7 Å². The highest BCUT2D eigenvalue weighted by atomic mass is 32.1. The monoisotopic (exact) mass is 471 g/mol. The van der Waals surface area contributed by atoms with Crippen LogP contribution in [0.5, 0.6) is 0 Å². The van der Waals surface area contributed by atoms with Crippen LogP contribution in [-0.2, 0) is 6.54 Å². The Kier molecular flexibility index (Phi) is 5.37. The summed E-state index contributed by atoms with van der Waals surface area (Å²) in [4.78, 5) is 31.5. The Labute approximate surface area is 200 Å². The van der Waals surface area contributed by atoms with Gasteiger partial charge in [0.25, 0.3) is 0 Å². The zero-order valence-electron chi connectivity index (χ0n) is 18.5. The first-order chi connectivity index (χ1) is 16.3. The molecule has 0 bridgehead atoms. The summed E-state index contributed by atoms with van der Waals surface area (Å²) in [6.45, 7) is 4.02. The zero-order chi connectivity index (χ0) is 24.0. The molecule has 1 aliphatic carbocycles. The average Bonchev–Trinajstić information content (AvgIpc) is 3.10. The van der Waals surface area contributed by atoms with Crippen molar-refractivity contribution in [1.29, 1.82) is 0 Å². The van der Waals surface area contributed by atoms with Crippen LogP contribution in [0.3, 0.4) is 0 Å². The van der Waals surface area contributed by atoms with E-state index in [4.69, 9.17) is 16.6 Å². The molecule has 2 heterocycles. The summed E-state index contributed by atoms with van der Waals surface area (Å²) in [7, 11) is 0. The fraction of sp³-hybridized carbons (Fsp3) is 0.154. The molecule has 2 aromatic heterocycles. The molecule has 1 aliphatic rings. The Morgan fingerprint density at radius 3 is 2.79 bits per heavy atom. The SMILES string of the molecule is Cc1ccc2c(c1)C=Cc1nc(C)oc1C2c1cn(Cc2cccc(C(=O)O)c2)c(=O)[nH]c1=S. The Bertz CT molecular complexity index is 1590. The second-order valence-corrected chi connectivity index (χ2v) is 8.77. The summed E-state index contributed by atoms with van der Waals surface area (Å²) >= 11 is 5.61. The van der Waals surface area contributed by atoms with Gasteiger partial charge in [-0.05, 0) is 41.8 Å². The average molecular weight is 472 g/mol. The van der Waals surface area contributed by atoms with Crippen LogP contribution in [0.2, 0.25) is 0 Å². The van der Waals surface area contributed by atoms with E-state index in [-0.39, 0.29) is 23.7 Å². The molecular formula is C26H21N3O4S. The van der Waals surface area contributed by atoms with Gasteiger partial charge in [0.15, 0.2) is 5.89 Å². The van der Waals surface area contributed by atoms with E-state index >= 15 is 0 Å². The summed E-state index contributed by atoms with van der Waals surface area (Å²) < 4.78 is 7.87. The van der Waals surface area contributed by atoms with Gasteiger partial charge in [0, 0.05) is 18.7 Å². The zero-order valence-corrected chi connectivity index (χ0v) is 19.3. The minimum absolute atomic E-state index is 0.163. The third kappa shape index (κ3) is 3.92. The molecule has 0 saturated heterocycles. The summed E-state index contributed by atoms with van der Waals surface area (Å²) in [6.07, 6.45) is 5.68. The molecule has 2 aromatic carbocycles. The van der Waals surface area contributed by atoms with Gasteiger partial charge in [-0.1, -0.05) is 54.2 Å². The number of carboxylic acids is 1. The van der Waals surface area contributed by atoms with Crippen molar-refractivity contribution in [3.8, 4) is 0 Å². The van der Waals surface area contributed by atoms with Crippen LogP contribution in [0.1, 0.15) is 61.4 Å². The predicted molar refractivity (Wildman–Crippen MR) is 131 cm³/mol. The van der Waals surface area contributed by atoms with Crippen molar-refractivity contribution in [3.05, 3.63) is 115 Å². The molecule has 2 N–H and O–H groups in total. The lowest BCUT2D eigenvalue weighted by Crippen LogP contribution is -2.25. The molecule has 5 rings (SSSR count). The van der Waals surface area contributed by atoms with E-state index in [0.29, 0.717) is 27.4 Å². The van der Waals surface area contributed by atoms with Gasteiger partial charge in [0.05, 0.1) is 18.0 Å². The maximum atomic E-state index is 12.8. The number of carboxylic acid groups (broad SMARTS) is 1. The molecule has 8 heteroatoms. The van der Waals surface area contributed by atoms with E-state index in [9.17, 15) is 14.7 Å². The van der Waals surface area contributed by atoms with Crippen LogP contribution >= 0.6 is 12.2 Å². The Morgan fingerprint density at radius 2 is 2.00 bits per heavy atom. The second-order valence-electron chi connectivity index (χ2n) is 8.36. The van der Waals surface area contributed by atoms with E-state index in [2.05, 4.69) is 16.0 Å². The van der Waals surface area contributed by atoms with Gasteiger partial charge < -0.3 is 9.52 Å². The number of aryl methyl sites for hydroxylation is 2. The fourth-order valence-electron chi connectivity index (χ4n) is 4.35. The topological polar surface area (TPSA) is 101 Å². The number of aromatic amines is 1. The maximum absolute atomic E-state index is 12.8. The van der Waals surface area contributed by atoms with Crippen molar-refractivity contribution in [2.45, 2.75) is 26.3 Å². The summed E-state index contributed by atoms with van der Waals surface area (Å²) in [5.41, 5.74) is 5.04. The molecule has 170 valence electrons. The van der Waals surface area contributed by atoms with Crippen LogP contribution in [0.25, 0.3) is 12.2 Å². The number of H-pyrrole nitrogens is 1. The second kappa shape index (κ2) is 8.39. The van der Waals surface area contributed by atoms with E-state index < -0.39 is 5.97 Å². The lowest BCUT2D eigenvalue weighted by Gasteiger charge is -2.19. The van der Waals surface area contributed by atoms with Crippen molar-refractivity contribution in [2.24, 2.45) is 0 Å². The fourth-order valence-corrected chi connectivity index (χ4v) is 4.61. The Morgan fingerprint density at radius 1 is 1.18 bits per heavy atom. The number of oxazole rings is 1. The molecule has 0 saturated carbocycles. The quantitative estimate of drug-likeness (QED) is 0.361. The molecule has 0 aliphatic heterocycles. The molecule has 4 aromatic rings. The highest BCUT2D eigenvalue weighted by molar-refractivity contribution is 7.71. The maximum Gasteiger partial charge on any atom is 0.335 e. The van der Waals surface area contributed by atoms with E-state index in [1.807, 2.05) is 31.2 Å². The van der Waals surface area contributed by atoms with E-state index in [0.717, 1.165) is 22.4 Å². The van der Waals surface area contributed by atoms with Gasteiger partial charge in [-0.2, -0.15) is 0 Å². The number of hydrogen-bond donors (Lipinski definition) is 2. The molecule has 0 radical (unpaired) electrons. The molecular weight excluding hydrogens is 450 g/mol. The van der Waals surface area contributed by atoms with Crippen LogP contribution in [0, 0.1) is 18.5 Å². The number of fused-ring (bicyclic) bond motifs is 2. The largest absolute Gasteiger partial charge is 0.478 e. The summed E-state index contributed by atoms with van der Waals surface area (Å²) in [5, 5.41) is 9.30. The third-order valence-corrected chi connectivity index (χ3v) is 6.24. The van der Waals surface area contributed by atoms with Crippen LogP contribution in [-0.4, -0.2) is 25.6 Å². The van der Waals surface area contributed by atoms with Crippen molar-refractivity contribution in [3.63, 3.8) is 0 Å². The molecule has 1 atom stereocenters. The van der Waals surface area contributed by atoms with Gasteiger partial charge in [0.1, 0.15) is 16.1 Å². The van der Waals surface area contributed by atoms with E-state index in [1.165, 1.54) is 10.6 Å². The number of aromatic carboxylic acids is 1. The van der Waals surface area contributed by atoms with Crippen LogP contribution in [0.4, 0.5) is 0 Å². The molecule has 0 amide bonds. The standard InChI is InChI=1S/C26H21N3O4S/c1-14-6-8-19-17(10-14)7-9-21-23(33-15(2)27-21)22(19)20-13-29(26(32)28-24(20)34)12-16-4-3-5-18(11-16)25(30)31/h3-11,13,22H,12H2,1-2H3,(H,30,31)(H,28,32,34). The highest BCUT2D eigenvalue weighted by Crippen LogP contribution is 2.39. The lowest BCUT2D eigenvalue weighted by atomic mass is 9.87. The first kappa shape index (κ1) is 21.8. The highest BCUT2D eigenvalue weighted by Gasteiger charge is 2.29. The Hall–Kier alpha value is -4.04. The number of nitrogens with zero attached hydrogens (tertiary/aromatic N) is 2. The van der Waals surface area contributed by atoms with Crippen molar-refractivity contribution in [1.82, 2.24) is 14.5 Å². The number of nitrogens with one attached hydrogen (secondary N) is 1. The number of benzene rings is 2. The number of rotatable bonds is 4. The normalized spacial score (nSPS) is 14.4. The van der Waals surface area contributed by atoms with Crippen molar-refractivity contribution >= 4 is 30.3 Å². The molecule has 0 fully saturated rings. The number of hydrogen-bond acceptors (Lipinski definition) is 5. The molecule has 0 spiro atoms. The predicted octanol–water partition coefficient (Wildman–Crippen LogP) is 4.92. The van der Waals surface area contributed by atoms with Crippen LogP contribution < -0.4 is 5.69 Å². The Balaban J connectivity index is 1.68. The van der Waals surface area contributed by atoms with Gasteiger partial charge in [-0.3, -0.25) is 9.55 Å². The third-order valence-electron chi connectivity index (χ3n) is 5.90. The van der Waals surface area contributed by atoms with Gasteiger partial charge in [-0.15, -0.1) is 0 Å². The molecule has 1 unspecified atom stereocenters. The van der Waals surface area contributed by atoms with Crippen LogP contribution in [0.15, 0.2) is 57.9 Å². The first-order valence-electron chi connectivity index (χ1n) is 10.7. The van der Waals surface area contributed by atoms with Crippen molar-refractivity contribution < 1.29 is 14.3 Å². The molecule has 34 heavy (non-hydrogen) atoms. The van der Waals surface area contributed by atoms with Gasteiger partial charge in [0.2, 0.25) is 0 Å². The summed E-state index contributed by atoms with van der Waals surface area (Å²) in [6, 6.07) is 12.7. The minimum Gasteiger partial charge on any atom is -0.478 e. The lowest BCUT2D eigenvalue weighted by molar-refractivity contribution is 0.0696. The smallest absolute Gasteiger partial charge is 0.335 e. The first-order valence-corrected chi connectivity index (χ1v) is 11.1. The minimum atomic E-state index is -1.02. The summed E-state index contributed by atoms with van der Waals surface area (Å²) in [5.74, 6) is -0.186. The number of aromatic nitrogens is 3. The van der Waals surface area contributed by atoms with E-state index in [1.54, 1.807) is 31.3 Å². The van der Waals surface area contributed by atoms with Crippen molar-refractivity contribution in [2.75, 3.05) is 0 Å². The number of carbonyl (C=O) groups is 1.